The van der Waals surface area contributed by atoms with Gasteiger partial charge in [-0.1, -0.05) is 0 Å². The maximum Gasteiger partial charge on any atom is 0.446 e. The molecule has 1 amide bonds. The van der Waals surface area contributed by atoms with Gasteiger partial charge in [0.15, 0.2) is 6.10 Å². The molecule has 0 saturated carbocycles. The van der Waals surface area contributed by atoms with Crippen LogP contribution in [0.2, 0.25) is 0 Å². The standard InChI is InChI=1S/C11H10F3NO4S/c12-11(13,14)20-7-3-1-6(2-4-7)9(17)15-5-8(16)10(18)19/h1-4,8,16H,5H2,(H,15,17)(H,18,19). The van der Waals surface area contributed by atoms with Gasteiger partial charge in [0.05, 0.1) is 6.54 Å². The first-order valence-electron chi connectivity index (χ1n) is 5.24. The van der Waals surface area contributed by atoms with Crippen LogP contribution in [0.3, 0.4) is 0 Å². The fourth-order valence-electron chi connectivity index (χ4n) is 1.19. The van der Waals surface area contributed by atoms with E-state index in [4.69, 9.17) is 10.2 Å². The van der Waals surface area contributed by atoms with Crippen molar-refractivity contribution in [3.63, 3.8) is 0 Å². The van der Waals surface area contributed by atoms with Gasteiger partial charge in [-0.3, -0.25) is 4.79 Å². The number of hydrogen-bond acceptors (Lipinski definition) is 4. The molecule has 0 bridgehead atoms. The summed E-state index contributed by atoms with van der Waals surface area (Å²) >= 11 is -0.306. The van der Waals surface area contributed by atoms with E-state index in [0.717, 1.165) is 12.1 Å². The Hall–Kier alpha value is -1.74. The van der Waals surface area contributed by atoms with E-state index in [9.17, 15) is 22.8 Å². The Morgan fingerprint density at radius 1 is 1.25 bits per heavy atom. The minimum Gasteiger partial charge on any atom is -0.479 e. The minimum atomic E-state index is -4.41. The normalized spacial score (nSPS) is 12.8. The zero-order valence-corrected chi connectivity index (χ0v) is 10.7. The lowest BCUT2D eigenvalue weighted by atomic mass is 10.2. The van der Waals surface area contributed by atoms with Crippen LogP contribution < -0.4 is 5.32 Å². The number of aliphatic hydroxyl groups is 1. The van der Waals surface area contributed by atoms with Crippen molar-refractivity contribution in [3.8, 4) is 0 Å². The first kappa shape index (κ1) is 16.3. The molecule has 0 aliphatic rings. The Labute approximate surface area is 115 Å². The molecule has 5 nitrogen and oxygen atoms in total. The average Bonchev–Trinajstić information content (AvgIpc) is 2.34. The second-order valence-electron chi connectivity index (χ2n) is 3.64. The molecule has 0 radical (unpaired) electrons. The highest BCUT2D eigenvalue weighted by molar-refractivity contribution is 8.00. The summed E-state index contributed by atoms with van der Waals surface area (Å²) in [5.41, 5.74) is -4.34. The fourth-order valence-corrected chi connectivity index (χ4v) is 1.73. The van der Waals surface area contributed by atoms with E-state index in [1.807, 2.05) is 0 Å². The molecule has 0 aliphatic heterocycles. The van der Waals surface area contributed by atoms with Gasteiger partial charge >= 0.3 is 11.5 Å². The van der Waals surface area contributed by atoms with E-state index in [0.29, 0.717) is 0 Å². The van der Waals surface area contributed by atoms with Gasteiger partial charge < -0.3 is 15.5 Å². The molecule has 0 spiro atoms. The molecule has 0 aromatic heterocycles. The minimum absolute atomic E-state index is 0.0640. The Kier molecular flexibility index (Phi) is 5.40. The van der Waals surface area contributed by atoms with Crippen molar-refractivity contribution in [3.05, 3.63) is 29.8 Å². The highest BCUT2D eigenvalue weighted by Gasteiger charge is 2.29. The van der Waals surface area contributed by atoms with Crippen molar-refractivity contribution < 1.29 is 33.0 Å². The fraction of sp³-hybridized carbons (Fsp3) is 0.273. The molecule has 3 N–H and O–H groups in total. The second-order valence-corrected chi connectivity index (χ2v) is 4.77. The summed E-state index contributed by atoms with van der Waals surface area (Å²) in [5.74, 6) is -2.17. The summed E-state index contributed by atoms with van der Waals surface area (Å²) in [6.07, 6.45) is -1.74. The first-order valence-corrected chi connectivity index (χ1v) is 6.05. The number of carboxylic acid groups (broad SMARTS) is 1. The van der Waals surface area contributed by atoms with Gasteiger partial charge in [0.1, 0.15) is 0 Å². The number of rotatable bonds is 5. The summed E-state index contributed by atoms with van der Waals surface area (Å²) in [6, 6.07) is 4.61. The van der Waals surface area contributed by atoms with Crippen LogP contribution in [-0.2, 0) is 4.79 Å². The van der Waals surface area contributed by atoms with E-state index in [-0.39, 0.29) is 22.2 Å². The number of hydrogen-bond donors (Lipinski definition) is 3. The number of carbonyl (C=O) groups is 2. The van der Waals surface area contributed by atoms with E-state index >= 15 is 0 Å². The maximum absolute atomic E-state index is 12.1. The van der Waals surface area contributed by atoms with Crippen LogP contribution in [0.5, 0.6) is 0 Å². The predicted molar refractivity (Wildman–Crippen MR) is 64.3 cm³/mol. The summed E-state index contributed by atoms with van der Waals surface area (Å²) in [7, 11) is 0. The van der Waals surface area contributed by atoms with Gasteiger partial charge in [-0.05, 0) is 36.0 Å². The van der Waals surface area contributed by atoms with Gasteiger partial charge in [-0.15, -0.1) is 0 Å². The topological polar surface area (TPSA) is 86.6 Å². The summed E-state index contributed by atoms with van der Waals surface area (Å²) in [4.78, 5) is 21.8. The summed E-state index contributed by atoms with van der Waals surface area (Å²) in [6.45, 7) is -0.493. The molecular weight excluding hydrogens is 299 g/mol. The number of amides is 1. The summed E-state index contributed by atoms with van der Waals surface area (Å²) < 4.78 is 36.3. The number of halogens is 3. The van der Waals surface area contributed by atoms with Crippen LogP contribution in [0, 0.1) is 0 Å². The van der Waals surface area contributed by atoms with E-state index in [1.165, 1.54) is 12.1 Å². The monoisotopic (exact) mass is 309 g/mol. The first-order chi connectivity index (χ1) is 9.19. The zero-order chi connectivity index (χ0) is 15.3. The molecule has 1 atom stereocenters. The average molecular weight is 309 g/mol. The molecule has 0 aliphatic carbocycles. The third-order valence-electron chi connectivity index (χ3n) is 2.09. The maximum atomic E-state index is 12.1. The van der Waals surface area contributed by atoms with Crippen molar-refractivity contribution in [2.75, 3.05) is 6.54 Å². The number of carbonyl (C=O) groups excluding carboxylic acids is 1. The van der Waals surface area contributed by atoms with Crippen LogP contribution in [-0.4, -0.2) is 40.2 Å². The predicted octanol–water partition coefficient (Wildman–Crippen LogP) is 1.47. The lowest BCUT2D eigenvalue weighted by Gasteiger charge is -2.09. The van der Waals surface area contributed by atoms with Crippen LogP contribution in [0.15, 0.2) is 29.2 Å². The van der Waals surface area contributed by atoms with Gasteiger partial charge in [0.25, 0.3) is 5.91 Å². The highest BCUT2D eigenvalue weighted by atomic mass is 32.2. The number of alkyl halides is 3. The molecule has 1 aromatic carbocycles. The molecule has 0 fully saturated rings. The number of aliphatic carboxylic acids is 1. The van der Waals surface area contributed by atoms with E-state index in [2.05, 4.69) is 5.32 Å². The van der Waals surface area contributed by atoms with Crippen LogP contribution >= 0.6 is 11.8 Å². The molecule has 1 aromatic rings. The SMILES string of the molecule is O=C(NCC(O)C(=O)O)c1ccc(SC(F)(F)F)cc1. The largest absolute Gasteiger partial charge is 0.479 e. The number of nitrogens with one attached hydrogen (secondary N) is 1. The lowest BCUT2D eigenvalue weighted by Crippen LogP contribution is -2.36. The Bertz CT molecular complexity index is 489. The van der Waals surface area contributed by atoms with Crippen molar-refractivity contribution in [1.82, 2.24) is 5.32 Å². The van der Waals surface area contributed by atoms with Crippen molar-refractivity contribution in [1.29, 1.82) is 0 Å². The number of aliphatic hydroxyl groups excluding tert-OH is 1. The molecular formula is C11H10F3NO4S. The second kappa shape index (κ2) is 6.62. The van der Waals surface area contributed by atoms with Gasteiger partial charge in [0, 0.05) is 10.5 Å². The van der Waals surface area contributed by atoms with Crippen LogP contribution in [0.4, 0.5) is 13.2 Å². The summed E-state index contributed by atoms with van der Waals surface area (Å²) in [5, 5.41) is 19.5. The zero-order valence-electron chi connectivity index (χ0n) is 9.85. The third kappa shape index (κ3) is 5.49. The van der Waals surface area contributed by atoms with E-state index in [1.54, 1.807) is 0 Å². The molecule has 110 valence electrons. The quantitative estimate of drug-likeness (QED) is 0.717. The number of benzene rings is 1. The van der Waals surface area contributed by atoms with Gasteiger partial charge in [-0.25, -0.2) is 4.79 Å². The molecule has 9 heteroatoms. The number of carboxylic acids is 1. The molecule has 0 heterocycles. The molecule has 1 unspecified atom stereocenters. The van der Waals surface area contributed by atoms with Crippen molar-refractivity contribution >= 4 is 23.6 Å². The number of thioether (sulfide) groups is 1. The van der Waals surface area contributed by atoms with Crippen LogP contribution in [0.1, 0.15) is 10.4 Å². The van der Waals surface area contributed by atoms with E-state index < -0.39 is 30.0 Å². The molecule has 20 heavy (non-hydrogen) atoms. The van der Waals surface area contributed by atoms with Crippen LogP contribution in [0.25, 0.3) is 0 Å². The third-order valence-corrected chi connectivity index (χ3v) is 2.83. The van der Waals surface area contributed by atoms with Crippen molar-refractivity contribution in [2.24, 2.45) is 0 Å². The van der Waals surface area contributed by atoms with Crippen molar-refractivity contribution in [2.45, 2.75) is 16.5 Å². The highest BCUT2D eigenvalue weighted by Crippen LogP contribution is 2.36. The van der Waals surface area contributed by atoms with Gasteiger partial charge in [-0.2, -0.15) is 13.2 Å². The smallest absolute Gasteiger partial charge is 0.446 e. The van der Waals surface area contributed by atoms with Gasteiger partial charge in [0.2, 0.25) is 0 Å². The molecule has 1 rings (SSSR count). The Morgan fingerprint density at radius 2 is 1.80 bits per heavy atom. The lowest BCUT2D eigenvalue weighted by molar-refractivity contribution is -0.146. The molecule has 0 saturated heterocycles. The Balaban J connectivity index is 2.60. The Morgan fingerprint density at radius 3 is 2.25 bits per heavy atom.